The van der Waals surface area contributed by atoms with Gasteiger partial charge in [0.05, 0.1) is 6.61 Å². The van der Waals surface area contributed by atoms with Crippen molar-refractivity contribution in [2.45, 2.75) is 18.9 Å². The molecule has 0 radical (unpaired) electrons. The first-order valence-corrected chi connectivity index (χ1v) is 7.70. The summed E-state index contributed by atoms with van der Waals surface area (Å²) >= 11 is 0. The molecule has 1 atom stereocenters. The van der Waals surface area contributed by atoms with Crippen LogP contribution in [0.5, 0.6) is 5.75 Å². The van der Waals surface area contributed by atoms with Gasteiger partial charge in [-0.25, -0.2) is 0 Å². The average Bonchev–Trinajstić information content (AvgIpc) is 3.16. The first kappa shape index (κ1) is 13.2. The van der Waals surface area contributed by atoms with Crippen LogP contribution < -0.4 is 15.4 Å². The van der Waals surface area contributed by atoms with E-state index in [0.717, 1.165) is 43.0 Å². The molecule has 2 N–H and O–H groups in total. The lowest BCUT2D eigenvalue weighted by atomic mass is 10.0. The number of benzene rings is 2. The standard InChI is InChI=1S/C18H18N2O2/c21-18-16(6-8-19-18)20-15-3-1-2-12(11-15)13-4-5-17-14(10-13)7-9-22-17/h1-5,10-11,16,20H,6-9H2,(H,19,21). The van der Waals surface area contributed by atoms with Gasteiger partial charge < -0.3 is 15.4 Å². The highest BCUT2D eigenvalue weighted by Crippen LogP contribution is 2.31. The van der Waals surface area contributed by atoms with E-state index >= 15 is 0 Å². The molecule has 4 rings (SSSR count). The summed E-state index contributed by atoms with van der Waals surface area (Å²) < 4.78 is 5.56. The fourth-order valence-corrected chi connectivity index (χ4v) is 3.09. The quantitative estimate of drug-likeness (QED) is 0.915. The van der Waals surface area contributed by atoms with Gasteiger partial charge in [-0.1, -0.05) is 18.2 Å². The Hall–Kier alpha value is -2.49. The number of carbonyl (C=O) groups excluding carboxylic acids is 1. The molecule has 1 amide bonds. The van der Waals surface area contributed by atoms with Gasteiger partial charge in [-0.05, 0) is 47.4 Å². The molecule has 4 heteroatoms. The number of carbonyl (C=O) groups is 1. The Bertz CT molecular complexity index is 727. The predicted molar refractivity (Wildman–Crippen MR) is 86.1 cm³/mol. The van der Waals surface area contributed by atoms with Crippen molar-refractivity contribution in [3.05, 3.63) is 48.0 Å². The molecule has 0 aliphatic carbocycles. The predicted octanol–water partition coefficient (Wildman–Crippen LogP) is 2.59. The maximum absolute atomic E-state index is 11.7. The number of nitrogens with one attached hydrogen (secondary N) is 2. The summed E-state index contributed by atoms with van der Waals surface area (Å²) in [5, 5.41) is 6.17. The molecule has 1 saturated heterocycles. The van der Waals surface area contributed by atoms with Crippen LogP contribution in [0.25, 0.3) is 11.1 Å². The molecule has 1 fully saturated rings. The second-order valence-corrected chi connectivity index (χ2v) is 5.78. The summed E-state index contributed by atoms with van der Waals surface area (Å²) in [5.74, 6) is 1.08. The van der Waals surface area contributed by atoms with Gasteiger partial charge in [-0.15, -0.1) is 0 Å². The fourth-order valence-electron chi connectivity index (χ4n) is 3.09. The van der Waals surface area contributed by atoms with E-state index in [2.05, 4.69) is 34.9 Å². The van der Waals surface area contributed by atoms with Crippen LogP contribution in [0.2, 0.25) is 0 Å². The molecule has 2 aromatic rings. The first-order chi connectivity index (χ1) is 10.8. The molecular weight excluding hydrogens is 276 g/mol. The Morgan fingerprint density at radius 2 is 2.05 bits per heavy atom. The third kappa shape index (κ3) is 2.41. The maximum atomic E-state index is 11.7. The molecule has 2 heterocycles. The van der Waals surface area contributed by atoms with E-state index in [-0.39, 0.29) is 11.9 Å². The van der Waals surface area contributed by atoms with Crippen LogP contribution in [0.4, 0.5) is 5.69 Å². The summed E-state index contributed by atoms with van der Waals surface area (Å²) in [6.45, 7) is 1.53. The monoisotopic (exact) mass is 294 g/mol. The van der Waals surface area contributed by atoms with Crippen LogP contribution in [0.1, 0.15) is 12.0 Å². The van der Waals surface area contributed by atoms with Crippen molar-refractivity contribution in [2.75, 3.05) is 18.5 Å². The zero-order chi connectivity index (χ0) is 14.9. The highest BCUT2D eigenvalue weighted by Gasteiger charge is 2.23. The Kier molecular flexibility index (Phi) is 3.22. The van der Waals surface area contributed by atoms with Crippen molar-refractivity contribution >= 4 is 11.6 Å². The number of fused-ring (bicyclic) bond motifs is 1. The van der Waals surface area contributed by atoms with Gasteiger partial charge in [0.25, 0.3) is 0 Å². The molecule has 22 heavy (non-hydrogen) atoms. The van der Waals surface area contributed by atoms with E-state index in [4.69, 9.17) is 4.74 Å². The number of rotatable bonds is 3. The van der Waals surface area contributed by atoms with Crippen LogP contribution in [0.15, 0.2) is 42.5 Å². The van der Waals surface area contributed by atoms with Crippen molar-refractivity contribution in [2.24, 2.45) is 0 Å². The summed E-state index contributed by atoms with van der Waals surface area (Å²) in [7, 11) is 0. The minimum absolute atomic E-state index is 0.0834. The Morgan fingerprint density at radius 1 is 1.14 bits per heavy atom. The number of hydrogen-bond acceptors (Lipinski definition) is 3. The van der Waals surface area contributed by atoms with Crippen LogP contribution in [-0.2, 0) is 11.2 Å². The molecule has 4 nitrogen and oxygen atoms in total. The van der Waals surface area contributed by atoms with Gasteiger partial charge in [0.15, 0.2) is 0 Å². The van der Waals surface area contributed by atoms with E-state index < -0.39 is 0 Å². The molecule has 1 unspecified atom stereocenters. The van der Waals surface area contributed by atoms with Crippen LogP contribution in [0, 0.1) is 0 Å². The smallest absolute Gasteiger partial charge is 0.242 e. The van der Waals surface area contributed by atoms with Gasteiger partial charge in [-0.2, -0.15) is 0 Å². The highest BCUT2D eigenvalue weighted by atomic mass is 16.5. The molecule has 0 saturated carbocycles. The Morgan fingerprint density at radius 3 is 2.91 bits per heavy atom. The second kappa shape index (κ2) is 5.37. The molecule has 0 aromatic heterocycles. The molecular formula is C18H18N2O2. The molecule has 2 aliphatic heterocycles. The van der Waals surface area contributed by atoms with E-state index in [1.165, 1.54) is 11.1 Å². The topological polar surface area (TPSA) is 50.4 Å². The number of hydrogen-bond donors (Lipinski definition) is 2. The number of amides is 1. The van der Waals surface area contributed by atoms with E-state index in [9.17, 15) is 4.79 Å². The van der Waals surface area contributed by atoms with Crippen molar-refractivity contribution in [3.8, 4) is 16.9 Å². The SMILES string of the molecule is O=C1NCCC1Nc1cccc(-c2ccc3c(c2)CCO3)c1. The summed E-state index contributed by atoms with van der Waals surface area (Å²) in [5.41, 5.74) is 4.59. The van der Waals surface area contributed by atoms with Crippen LogP contribution in [0.3, 0.4) is 0 Å². The molecule has 112 valence electrons. The largest absolute Gasteiger partial charge is 0.493 e. The van der Waals surface area contributed by atoms with Gasteiger partial charge in [0, 0.05) is 18.7 Å². The summed E-state index contributed by atoms with van der Waals surface area (Å²) in [6, 6.07) is 14.4. The van der Waals surface area contributed by atoms with Crippen molar-refractivity contribution in [1.29, 1.82) is 0 Å². The summed E-state index contributed by atoms with van der Waals surface area (Å²) in [4.78, 5) is 11.7. The van der Waals surface area contributed by atoms with Crippen molar-refractivity contribution in [3.63, 3.8) is 0 Å². The molecule has 2 aliphatic rings. The highest BCUT2D eigenvalue weighted by molar-refractivity contribution is 5.86. The minimum Gasteiger partial charge on any atom is -0.493 e. The zero-order valence-electron chi connectivity index (χ0n) is 12.3. The zero-order valence-corrected chi connectivity index (χ0v) is 12.3. The minimum atomic E-state index is -0.122. The number of ether oxygens (including phenoxy) is 1. The van der Waals surface area contributed by atoms with Crippen LogP contribution >= 0.6 is 0 Å². The normalized spacial score (nSPS) is 19.5. The van der Waals surface area contributed by atoms with Crippen LogP contribution in [-0.4, -0.2) is 25.1 Å². The van der Waals surface area contributed by atoms with Gasteiger partial charge >= 0.3 is 0 Å². The second-order valence-electron chi connectivity index (χ2n) is 5.78. The van der Waals surface area contributed by atoms with Gasteiger partial charge in [0.2, 0.25) is 5.91 Å². The maximum Gasteiger partial charge on any atom is 0.242 e. The van der Waals surface area contributed by atoms with Crippen molar-refractivity contribution in [1.82, 2.24) is 5.32 Å². The Labute approximate surface area is 129 Å². The fraction of sp³-hybridized carbons (Fsp3) is 0.278. The van der Waals surface area contributed by atoms with Crippen molar-refractivity contribution < 1.29 is 9.53 Å². The lowest BCUT2D eigenvalue weighted by Gasteiger charge is -2.13. The number of anilines is 1. The molecule has 2 aromatic carbocycles. The first-order valence-electron chi connectivity index (χ1n) is 7.70. The third-order valence-electron chi connectivity index (χ3n) is 4.27. The summed E-state index contributed by atoms with van der Waals surface area (Å²) in [6.07, 6.45) is 1.81. The van der Waals surface area contributed by atoms with E-state index in [0.29, 0.717) is 0 Å². The van der Waals surface area contributed by atoms with E-state index in [1.807, 2.05) is 18.2 Å². The Balaban J connectivity index is 1.60. The lowest BCUT2D eigenvalue weighted by molar-refractivity contribution is -0.119. The average molecular weight is 294 g/mol. The molecule has 0 bridgehead atoms. The van der Waals surface area contributed by atoms with Gasteiger partial charge in [0.1, 0.15) is 11.8 Å². The lowest BCUT2D eigenvalue weighted by Crippen LogP contribution is -2.29. The van der Waals surface area contributed by atoms with E-state index in [1.54, 1.807) is 0 Å². The van der Waals surface area contributed by atoms with Gasteiger partial charge in [-0.3, -0.25) is 4.79 Å². The third-order valence-corrected chi connectivity index (χ3v) is 4.27. The molecule has 0 spiro atoms.